The van der Waals surface area contributed by atoms with Gasteiger partial charge in [0, 0.05) is 81.5 Å². The second-order valence-electron chi connectivity index (χ2n) is 19.6. The van der Waals surface area contributed by atoms with Crippen LogP contribution in [-0.4, -0.2) is 129 Å². The van der Waals surface area contributed by atoms with Gasteiger partial charge >= 0.3 is 0 Å². The third-order valence-electron chi connectivity index (χ3n) is 13.5. The number of piperidine rings is 1. The summed E-state index contributed by atoms with van der Waals surface area (Å²) < 4.78 is 6.37. The predicted molar refractivity (Wildman–Crippen MR) is 270 cm³/mol. The molecular formula is C52H64N10O7S. The number of aromatic nitrogens is 3. The number of piperazine rings is 1. The highest BCUT2D eigenvalue weighted by atomic mass is 32.1. The van der Waals surface area contributed by atoms with Gasteiger partial charge in [-0.15, -0.1) is 21.5 Å². The molecular weight excluding hydrogens is 909 g/mol. The topological polar surface area (TPSA) is 220 Å². The van der Waals surface area contributed by atoms with Crippen LogP contribution >= 0.6 is 11.3 Å². The van der Waals surface area contributed by atoms with Gasteiger partial charge in [0.05, 0.1) is 34.8 Å². The normalized spacial score (nSPS) is 19.4. The molecule has 8 rings (SSSR count). The first-order valence-electron chi connectivity index (χ1n) is 24.1. The van der Waals surface area contributed by atoms with E-state index in [-0.39, 0.29) is 61.3 Å². The number of phenols is 1. The number of nitrogens with one attached hydrogen (secondary N) is 2. The Kier molecular flexibility index (Phi) is 15.2. The molecule has 0 aliphatic carbocycles. The number of β-amino-alcohol motifs (C(OH)–C–C–N with tert-alkyl or cyclic N) is 1. The summed E-state index contributed by atoms with van der Waals surface area (Å²) in [6, 6.07) is 22.7. The number of phenolic OH excluding ortho intramolecular Hbond substituents is 1. The molecule has 2 aromatic heterocycles. The third kappa shape index (κ3) is 11.6. The number of nitrogen functional groups attached to an aromatic ring is 1. The highest BCUT2D eigenvalue weighted by Gasteiger charge is 2.45. The first kappa shape index (κ1) is 49.6. The first-order valence-corrected chi connectivity index (χ1v) is 24.9. The van der Waals surface area contributed by atoms with E-state index in [1.165, 1.54) is 4.90 Å². The number of carbonyl (C=O) groups is 4. The van der Waals surface area contributed by atoms with Crippen LogP contribution < -0.4 is 30.9 Å². The van der Waals surface area contributed by atoms with E-state index in [4.69, 9.17) is 10.5 Å². The second kappa shape index (κ2) is 21.5. The molecule has 3 saturated heterocycles. The number of para-hydroxylation sites is 1. The van der Waals surface area contributed by atoms with Crippen LogP contribution in [0.4, 0.5) is 17.2 Å². The molecule has 3 fully saturated rings. The maximum Gasteiger partial charge on any atom is 0.246 e. The fraction of sp³-hybridized carbons (Fsp3) is 0.442. The molecule has 0 radical (unpaired) electrons. The zero-order chi connectivity index (χ0) is 49.7. The maximum atomic E-state index is 14.2. The monoisotopic (exact) mass is 972 g/mol. The number of rotatable bonds is 14. The van der Waals surface area contributed by atoms with Gasteiger partial charge in [0.1, 0.15) is 29.6 Å². The van der Waals surface area contributed by atoms with E-state index in [2.05, 4.69) is 59.9 Å². The largest absolute Gasteiger partial charge is 0.507 e. The number of aryl methyl sites for hydroxylation is 1. The summed E-state index contributed by atoms with van der Waals surface area (Å²) in [7, 11) is 0. The molecule has 0 bridgehead atoms. The van der Waals surface area contributed by atoms with Crippen LogP contribution in [0.2, 0.25) is 0 Å². The highest BCUT2D eigenvalue weighted by Crippen LogP contribution is 2.34. The number of hydrogen-bond donors (Lipinski definition) is 5. The maximum absolute atomic E-state index is 14.2. The van der Waals surface area contributed by atoms with Gasteiger partial charge in [-0.1, -0.05) is 57.2 Å². The molecule has 70 heavy (non-hydrogen) atoms. The number of likely N-dealkylation sites (tertiary alicyclic amines) is 1. The molecule has 370 valence electrons. The average molecular weight is 973 g/mol. The average Bonchev–Trinajstić information content (AvgIpc) is 3.98. The number of nitrogens with zero attached hydrogens (tertiary/aromatic N) is 7. The first-order chi connectivity index (χ1) is 33.5. The molecule has 3 aromatic carbocycles. The van der Waals surface area contributed by atoms with E-state index in [1.807, 2.05) is 70.5 Å². The Hall–Kier alpha value is -6.79. The zero-order valence-corrected chi connectivity index (χ0v) is 41.3. The van der Waals surface area contributed by atoms with Gasteiger partial charge in [-0.05, 0) is 79.6 Å². The number of hydrogen-bond acceptors (Lipinski definition) is 14. The molecule has 3 aliphatic rings. The number of carbonyl (C=O) groups excluding carboxylic acids is 4. The number of benzene rings is 3. The molecule has 5 atom stereocenters. The fourth-order valence-electron chi connectivity index (χ4n) is 9.46. The van der Waals surface area contributed by atoms with Crippen LogP contribution in [0.3, 0.4) is 0 Å². The predicted octanol–water partition coefficient (Wildman–Crippen LogP) is 5.71. The fourth-order valence-corrected chi connectivity index (χ4v) is 10.3. The molecule has 0 saturated carbocycles. The molecule has 3 aliphatic heterocycles. The van der Waals surface area contributed by atoms with Crippen LogP contribution in [0, 0.1) is 12.3 Å². The van der Waals surface area contributed by atoms with Crippen molar-refractivity contribution in [2.45, 2.75) is 97.1 Å². The SMILES string of the molecule is Cc1ncsc1-c1ccc(C(C)NC(=O)C2CC(O)CN2C(=O)C(NC(=O)CCC(=O)N2CCN(c3ccc(N4CCCC(Oc5cc(-c6ccccc6O)nnc5N)C4)cc3)CC2)C(C)(C)C)cc1. The quantitative estimate of drug-likeness (QED) is 0.0902. The lowest BCUT2D eigenvalue weighted by Crippen LogP contribution is -2.58. The Bertz CT molecular complexity index is 2650. The molecule has 5 aromatic rings. The van der Waals surface area contributed by atoms with Crippen molar-refractivity contribution in [3.05, 3.63) is 95.6 Å². The van der Waals surface area contributed by atoms with E-state index in [0.29, 0.717) is 49.7 Å². The van der Waals surface area contributed by atoms with Crippen molar-refractivity contribution < 1.29 is 34.1 Å². The van der Waals surface area contributed by atoms with Crippen molar-refractivity contribution in [2.24, 2.45) is 5.41 Å². The van der Waals surface area contributed by atoms with Crippen molar-refractivity contribution in [1.29, 1.82) is 0 Å². The summed E-state index contributed by atoms with van der Waals surface area (Å²) in [4.78, 5) is 67.9. The smallest absolute Gasteiger partial charge is 0.246 e. The van der Waals surface area contributed by atoms with E-state index >= 15 is 0 Å². The van der Waals surface area contributed by atoms with E-state index in [9.17, 15) is 29.4 Å². The Balaban J connectivity index is 0.793. The number of aliphatic hydroxyl groups excluding tert-OH is 1. The molecule has 18 heteroatoms. The van der Waals surface area contributed by atoms with Crippen LogP contribution in [0.15, 0.2) is 84.4 Å². The molecule has 17 nitrogen and oxygen atoms in total. The van der Waals surface area contributed by atoms with Gasteiger partial charge in [-0.3, -0.25) is 19.2 Å². The van der Waals surface area contributed by atoms with Crippen LogP contribution in [-0.2, 0) is 19.2 Å². The van der Waals surface area contributed by atoms with Gasteiger partial charge in [-0.25, -0.2) is 4.98 Å². The van der Waals surface area contributed by atoms with Crippen LogP contribution in [0.1, 0.15) is 77.1 Å². The van der Waals surface area contributed by atoms with Crippen LogP contribution in [0.5, 0.6) is 11.5 Å². The lowest BCUT2D eigenvalue weighted by atomic mass is 9.85. The number of aromatic hydroxyl groups is 1. The van der Waals surface area contributed by atoms with Crippen molar-refractivity contribution in [1.82, 2.24) is 35.6 Å². The Morgan fingerprint density at radius 2 is 1.59 bits per heavy atom. The minimum atomic E-state index is -0.995. The van der Waals surface area contributed by atoms with E-state index in [1.54, 1.807) is 40.5 Å². The summed E-state index contributed by atoms with van der Waals surface area (Å²) in [5.74, 6) is -0.680. The lowest BCUT2D eigenvalue weighted by molar-refractivity contribution is -0.144. The van der Waals surface area contributed by atoms with Gasteiger partial charge in [0.25, 0.3) is 0 Å². The number of ether oxygens (including phenoxy) is 1. The number of aliphatic hydroxyl groups is 1. The molecule has 5 unspecified atom stereocenters. The van der Waals surface area contributed by atoms with Gasteiger partial charge < -0.3 is 50.9 Å². The van der Waals surface area contributed by atoms with Gasteiger partial charge in [0.2, 0.25) is 23.6 Å². The molecule has 0 spiro atoms. The summed E-state index contributed by atoms with van der Waals surface area (Å²) in [5, 5.41) is 35.2. The second-order valence-corrected chi connectivity index (χ2v) is 20.4. The summed E-state index contributed by atoms with van der Waals surface area (Å²) >= 11 is 1.57. The van der Waals surface area contributed by atoms with Gasteiger partial charge in [0.15, 0.2) is 11.6 Å². The minimum absolute atomic E-state index is 0.00960. The minimum Gasteiger partial charge on any atom is -0.507 e. The van der Waals surface area contributed by atoms with E-state index in [0.717, 1.165) is 52.5 Å². The van der Waals surface area contributed by atoms with Crippen LogP contribution in [0.25, 0.3) is 21.7 Å². The zero-order valence-electron chi connectivity index (χ0n) is 40.5. The molecule has 4 amide bonds. The highest BCUT2D eigenvalue weighted by molar-refractivity contribution is 7.13. The number of nitrogens with two attached hydrogens (primary N) is 1. The van der Waals surface area contributed by atoms with Crippen molar-refractivity contribution >= 4 is 52.2 Å². The van der Waals surface area contributed by atoms with E-state index < -0.39 is 35.4 Å². The Labute approximate surface area is 413 Å². The Morgan fingerprint density at radius 3 is 2.26 bits per heavy atom. The van der Waals surface area contributed by atoms with Crippen molar-refractivity contribution in [2.75, 3.05) is 61.3 Å². The summed E-state index contributed by atoms with van der Waals surface area (Å²) in [5.41, 5.74) is 13.3. The standard InChI is InChI=1S/C52H64N10O7S/c1-32(34-12-14-35(15-13-34)47-33(2)54-31-70-47)55-50(67)42-27-38(63)29-62(42)51(68)48(52(3,4)5)56-45(65)20-21-46(66)60-25-23-59(24-26-60)36-16-18-37(19-17-36)61-22-8-9-39(30-61)69-44-28-41(57-58-49(44)53)40-10-6-7-11-43(40)64/h6-7,10-19,28,31-32,38-39,42,48,63-64H,8-9,20-27,29-30H2,1-5H3,(H2,53,58)(H,55,67)(H,56,65). The Morgan fingerprint density at radius 1 is 0.886 bits per heavy atom. The summed E-state index contributed by atoms with van der Waals surface area (Å²) in [6.07, 6.45) is 0.733. The van der Waals surface area contributed by atoms with Crippen molar-refractivity contribution in [3.63, 3.8) is 0 Å². The number of anilines is 3. The summed E-state index contributed by atoms with van der Waals surface area (Å²) in [6.45, 7) is 13.1. The number of thiazole rings is 1. The van der Waals surface area contributed by atoms with Gasteiger partial charge in [-0.2, -0.15) is 0 Å². The third-order valence-corrected chi connectivity index (χ3v) is 14.5. The molecule has 5 heterocycles. The number of amides is 4. The molecule has 6 N–H and O–H groups in total. The van der Waals surface area contributed by atoms with Crippen molar-refractivity contribution in [3.8, 4) is 33.2 Å². The lowest BCUT2D eigenvalue weighted by Gasteiger charge is -2.37.